The lowest BCUT2D eigenvalue weighted by Gasteiger charge is -2.17. The number of amides is 1. The van der Waals surface area contributed by atoms with Crippen molar-refractivity contribution in [2.75, 3.05) is 19.8 Å². The molecule has 3 aliphatic carbocycles. The number of unbranched alkanes of at least 4 members (excludes halogenated alkanes) is 4. The summed E-state index contributed by atoms with van der Waals surface area (Å²) in [5.41, 5.74) is 9.78. The highest BCUT2D eigenvalue weighted by Crippen LogP contribution is 2.44. The van der Waals surface area contributed by atoms with Crippen LogP contribution in [0.2, 0.25) is 0 Å². The van der Waals surface area contributed by atoms with Crippen LogP contribution in [0.15, 0.2) is 97.1 Å². The Morgan fingerprint density at radius 2 is 1.10 bits per heavy atom. The van der Waals surface area contributed by atoms with Crippen molar-refractivity contribution in [2.24, 2.45) is 5.73 Å². The van der Waals surface area contributed by atoms with E-state index in [-0.39, 0.29) is 30.9 Å². The Labute approximate surface area is 349 Å². The standard InChI is InChI=1S/C26H31NO6.C11H21NO4.2C5H6/c1-2-16-32-24(28)15-5-3-4-14-23(25(29)30)27-26(31)33-17-22-20-12-8-6-10-18(20)19-11-7-9-13-21(19)22;1-2-8-16-10(13)7-5-3-4-6-9(12)11(14)15;2*1-2-4-5-3-1/h6-13,22-23H,2-5,14-17H2,1H3,(H,27,31)(H,29,30);9H,2-8,12H2,1H3,(H,14,15);2*1-4H,5H2/t23-;9-;;/m00../s1. The molecular formula is C47H64N2O10. The van der Waals surface area contributed by atoms with E-state index in [2.05, 4.69) is 66.1 Å². The topological polar surface area (TPSA) is 192 Å². The molecule has 2 aromatic rings. The Bertz CT molecular complexity index is 1610. The first-order chi connectivity index (χ1) is 28.6. The van der Waals surface area contributed by atoms with Crippen molar-refractivity contribution in [1.29, 1.82) is 0 Å². The molecule has 1 amide bonds. The second-order valence-electron chi connectivity index (χ2n) is 14.1. The number of aliphatic carboxylic acids is 2. The zero-order chi connectivity index (χ0) is 43.1. The minimum atomic E-state index is -1.11. The molecule has 59 heavy (non-hydrogen) atoms. The van der Waals surface area contributed by atoms with Gasteiger partial charge in [-0.1, -0.05) is 137 Å². The van der Waals surface area contributed by atoms with Gasteiger partial charge >= 0.3 is 30.0 Å². The number of hydrogen-bond acceptors (Lipinski definition) is 9. The summed E-state index contributed by atoms with van der Waals surface area (Å²) in [6.45, 7) is 4.90. The van der Waals surface area contributed by atoms with Crippen molar-refractivity contribution in [3.8, 4) is 11.1 Å². The SMILES string of the molecule is C1=CCC=C1.C1=CCC=C1.CCCOC(=O)CCCCC[C@H](N)C(=O)O.CCCOC(=O)CCCCC[C@H](NC(=O)OCC1c2ccccc2-c2ccccc21)C(=O)O. The van der Waals surface area contributed by atoms with Crippen LogP contribution >= 0.6 is 0 Å². The average Bonchev–Trinajstić information content (AvgIpc) is 4.06. The number of carbonyl (C=O) groups is 5. The van der Waals surface area contributed by atoms with Gasteiger partial charge in [0, 0.05) is 18.8 Å². The summed E-state index contributed by atoms with van der Waals surface area (Å²) in [4.78, 5) is 56.9. The number of allylic oxidation sites excluding steroid dienone is 8. The molecule has 12 heteroatoms. The molecule has 0 aromatic heterocycles. The fourth-order valence-corrected chi connectivity index (χ4v) is 6.13. The summed E-state index contributed by atoms with van der Waals surface area (Å²) >= 11 is 0. The maximum absolute atomic E-state index is 12.4. The Balaban J connectivity index is 0.000000376. The number of nitrogens with two attached hydrogens (primary N) is 1. The molecule has 5 rings (SSSR count). The van der Waals surface area contributed by atoms with Crippen LogP contribution in [0.25, 0.3) is 11.1 Å². The number of benzene rings is 2. The second kappa shape index (κ2) is 30.6. The van der Waals surface area contributed by atoms with E-state index in [1.165, 1.54) is 0 Å². The van der Waals surface area contributed by atoms with Crippen molar-refractivity contribution >= 4 is 30.0 Å². The zero-order valence-corrected chi connectivity index (χ0v) is 34.7. The van der Waals surface area contributed by atoms with Gasteiger partial charge in [0.15, 0.2) is 0 Å². The highest BCUT2D eigenvalue weighted by atomic mass is 16.6. The quantitative estimate of drug-likeness (QED) is 0.0534. The first-order valence-corrected chi connectivity index (χ1v) is 20.9. The van der Waals surface area contributed by atoms with E-state index in [1.54, 1.807) is 0 Å². The number of hydrogen-bond donors (Lipinski definition) is 4. The molecule has 0 aliphatic heterocycles. The summed E-state index contributed by atoms with van der Waals surface area (Å²) in [7, 11) is 0. The number of nitrogens with one attached hydrogen (secondary N) is 1. The van der Waals surface area contributed by atoms with Crippen LogP contribution in [0.3, 0.4) is 0 Å². The van der Waals surface area contributed by atoms with Crippen LogP contribution in [0.1, 0.15) is 121 Å². The molecule has 0 fully saturated rings. The molecule has 0 saturated carbocycles. The van der Waals surface area contributed by atoms with E-state index >= 15 is 0 Å². The molecule has 2 aromatic carbocycles. The lowest BCUT2D eigenvalue weighted by Crippen LogP contribution is -2.41. The van der Waals surface area contributed by atoms with Crippen LogP contribution in [0.5, 0.6) is 0 Å². The van der Waals surface area contributed by atoms with Gasteiger partial charge in [0.1, 0.15) is 18.7 Å². The summed E-state index contributed by atoms with van der Waals surface area (Å²) in [6.07, 6.45) is 25.5. The molecule has 3 aliphatic rings. The van der Waals surface area contributed by atoms with E-state index in [4.69, 9.17) is 25.1 Å². The number of fused-ring (bicyclic) bond motifs is 3. The molecule has 0 saturated heterocycles. The van der Waals surface area contributed by atoms with Gasteiger partial charge in [-0.05, 0) is 73.6 Å². The van der Waals surface area contributed by atoms with Crippen LogP contribution < -0.4 is 11.1 Å². The molecular weight excluding hydrogens is 753 g/mol. The number of rotatable bonds is 21. The van der Waals surface area contributed by atoms with Gasteiger partial charge in [-0.3, -0.25) is 14.4 Å². The fraction of sp³-hybridized carbons (Fsp3) is 0.468. The van der Waals surface area contributed by atoms with Gasteiger partial charge in [-0.2, -0.15) is 0 Å². The molecule has 0 bridgehead atoms. The Hall–Kier alpha value is -5.49. The maximum Gasteiger partial charge on any atom is 0.407 e. The number of carboxylic acids is 2. The van der Waals surface area contributed by atoms with Crippen molar-refractivity contribution in [2.45, 2.75) is 122 Å². The predicted octanol–water partition coefficient (Wildman–Crippen LogP) is 9.19. The number of carboxylic acid groups (broad SMARTS) is 2. The summed E-state index contributed by atoms with van der Waals surface area (Å²) in [5, 5.41) is 20.4. The van der Waals surface area contributed by atoms with Crippen LogP contribution in [-0.2, 0) is 33.4 Å². The second-order valence-corrected chi connectivity index (χ2v) is 14.1. The minimum absolute atomic E-state index is 0.0844. The fourth-order valence-electron chi connectivity index (χ4n) is 6.13. The largest absolute Gasteiger partial charge is 0.480 e. The molecule has 0 heterocycles. The van der Waals surface area contributed by atoms with E-state index in [1.807, 2.05) is 50.2 Å². The maximum atomic E-state index is 12.4. The summed E-state index contributed by atoms with van der Waals surface area (Å²) in [6, 6.07) is 14.2. The van der Waals surface area contributed by atoms with Gasteiger partial charge in [0.2, 0.25) is 0 Å². The van der Waals surface area contributed by atoms with Crippen molar-refractivity contribution in [3.63, 3.8) is 0 Å². The number of alkyl carbamates (subject to hydrolysis) is 1. The molecule has 5 N–H and O–H groups in total. The van der Waals surface area contributed by atoms with E-state index < -0.39 is 30.1 Å². The Morgan fingerprint density at radius 3 is 1.51 bits per heavy atom. The smallest absolute Gasteiger partial charge is 0.407 e. The van der Waals surface area contributed by atoms with Crippen LogP contribution in [0, 0.1) is 0 Å². The molecule has 2 atom stereocenters. The van der Waals surface area contributed by atoms with E-state index in [0.717, 1.165) is 67.2 Å². The van der Waals surface area contributed by atoms with Gasteiger partial charge in [0.25, 0.3) is 0 Å². The van der Waals surface area contributed by atoms with Crippen LogP contribution in [0.4, 0.5) is 4.79 Å². The molecule has 0 spiro atoms. The summed E-state index contributed by atoms with van der Waals surface area (Å²) in [5.74, 6) is -2.57. The van der Waals surface area contributed by atoms with Crippen molar-refractivity contribution in [3.05, 3.63) is 108 Å². The lowest BCUT2D eigenvalue weighted by molar-refractivity contribution is -0.144. The minimum Gasteiger partial charge on any atom is -0.480 e. The number of carbonyl (C=O) groups excluding carboxylic acids is 3. The highest BCUT2D eigenvalue weighted by Gasteiger charge is 2.29. The highest BCUT2D eigenvalue weighted by molar-refractivity contribution is 5.81. The number of ether oxygens (including phenoxy) is 3. The van der Waals surface area contributed by atoms with Crippen molar-refractivity contribution < 1.29 is 48.4 Å². The van der Waals surface area contributed by atoms with Gasteiger partial charge in [-0.25, -0.2) is 9.59 Å². The van der Waals surface area contributed by atoms with Crippen molar-refractivity contribution in [1.82, 2.24) is 5.32 Å². The lowest BCUT2D eigenvalue weighted by atomic mass is 9.98. The third-order valence-electron chi connectivity index (χ3n) is 9.27. The molecule has 12 nitrogen and oxygen atoms in total. The Morgan fingerprint density at radius 1 is 0.644 bits per heavy atom. The van der Waals surface area contributed by atoms with Gasteiger partial charge in [-0.15, -0.1) is 0 Å². The first-order valence-electron chi connectivity index (χ1n) is 20.9. The number of esters is 2. The molecule has 0 radical (unpaired) electrons. The third kappa shape index (κ3) is 21.2. The molecule has 322 valence electrons. The predicted molar refractivity (Wildman–Crippen MR) is 230 cm³/mol. The monoisotopic (exact) mass is 816 g/mol. The van der Waals surface area contributed by atoms with E-state index in [9.17, 15) is 29.1 Å². The van der Waals surface area contributed by atoms with Crippen LogP contribution in [-0.4, -0.2) is 72.1 Å². The molecule has 0 unspecified atom stereocenters. The summed E-state index contributed by atoms with van der Waals surface area (Å²) < 4.78 is 15.4. The third-order valence-corrected chi connectivity index (χ3v) is 9.27. The van der Waals surface area contributed by atoms with Gasteiger partial charge in [0.05, 0.1) is 13.2 Å². The first kappa shape index (κ1) is 49.7. The van der Waals surface area contributed by atoms with Gasteiger partial charge < -0.3 is 35.5 Å². The van der Waals surface area contributed by atoms with E-state index in [0.29, 0.717) is 51.7 Å². The Kier molecular flexibility index (Phi) is 25.7. The normalized spacial score (nSPS) is 13.5. The average molecular weight is 817 g/mol. The zero-order valence-electron chi connectivity index (χ0n) is 34.7.